The number of aliphatic hydroxyl groups is 1. The Morgan fingerprint density at radius 2 is 1.94 bits per heavy atom. The Morgan fingerprint density at radius 1 is 1.28 bits per heavy atom. The second-order valence-electron chi connectivity index (χ2n) is 8.30. The molecule has 3 rings (SSSR count). The van der Waals surface area contributed by atoms with Crippen LogP contribution >= 0.6 is 11.6 Å². The lowest BCUT2D eigenvalue weighted by molar-refractivity contribution is -0.140. The molecule has 1 aliphatic heterocycles. The molecule has 1 fully saturated rings. The van der Waals surface area contributed by atoms with Crippen molar-refractivity contribution in [2.24, 2.45) is 5.41 Å². The Morgan fingerprint density at radius 3 is 2.53 bits per heavy atom. The highest BCUT2D eigenvalue weighted by molar-refractivity contribution is 7.89. The minimum atomic E-state index is -4.18. The number of hydrogen-bond donors (Lipinski definition) is 3. The van der Waals surface area contributed by atoms with Crippen molar-refractivity contribution in [2.45, 2.75) is 43.9 Å². The zero-order valence-corrected chi connectivity index (χ0v) is 19.0. The molecule has 1 heterocycles. The zero-order valence-electron chi connectivity index (χ0n) is 17.5. The number of sulfonamides is 1. The van der Waals surface area contributed by atoms with Crippen LogP contribution in [-0.4, -0.2) is 47.6 Å². The van der Waals surface area contributed by atoms with Gasteiger partial charge < -0.3 is 9.84 Å². The van der Waals surface area contributed by atoms with Crippen molar-refractivity contribution in [3.63, 3.8) is 0 Å². The maximum atomic E-state index is 13.3. The number of hydroxylamine groups is 1. The topological polar surface area (TPSA) is 116 Å². The van der Waals surface area contributed by atoms with Crippen LogP contribution in [0.1, 0.15) is 25.8 Å². The molecule has 0 aliphatic carbocycles. The van der Waals surface area contributed by atoms with E-state index in [4.69, 9.17) is 21.5 Å². The van der Waals surface area contributed by atoms with Crippen molar-refractivity contribution in [3.05, 3.63) is 58.9 Å². The summed E-state index contributed by atoms with van der Waals surface area (Å²) in [6.45, 7) is 3.06. The second-order valence-corrected chi connectivity index (χ2v) is 10.6. The summed E-state index contributed by atoms with van der Waals surface area (Å²) >= 11 is 5.98. The van der Waals surface area contributed by atoms with Gasteiger partial charge in [-0.05, 0) is 48.2 Å². The maximum absolute atomic E-state index is 13.3. The average Bonchev–Trinajstić information content (AvgIpc) is 2.71. The highest BCUT2D eigenvalue weighted by atomic mass is 35.5. The molecule has 8 nitrogen and oxygen atoms in total. The van der Waals surface area contributed by atoms with Gasteiger partial charge in [0.25, 0.3) is 5.91 Å². The third-order valence-corrected chi connectivity index (χ3v) is 7.58. The number of halogens is 2. The van der Waals surface area contributed by atoms with Crippen molar-refractivity contribution in [1.29, 1.82) is 0 Å². The Kier molecular flexibility index (Phi) is 7.11. The smallest absolute Gasteiger partial charge is 0.262 e. The molecule has 3 N–H and O–H groups in total. The van der Waals surface area contributed by atoms with Crippen LogP contribution in [0.4, 0.5) is 4.39 Å². The number of β-amino-alcohol motifs (C(OH)–C–C–N with tert-alkyl or cyclic N) is 1. The Balaban J connectivity index is 1.82. The molecule has 0 spiro atoms. The fourth-order valence-corrected chi connectivity index (χ4v) is 5.91. The normalized spacial score (nSPS) is 21.2. The average molecular weight is 487 g/mol. The molecule has 0 radical (unpaired) electrons. The SMILES string of the molecule is CC1(C)C[C@@H](O)CN(S(=O)(=O)c2ccc(OCc3ccc(F)cc3Cl)cc2)C1C(=O)NO. The maximum Gasteiger partial charge on any atom is 0.262 e. The first-order valence-corrected chi connectivity index (χ1v) is 11.6. The number of nitrogens with one attached hydrogen (secondary N) is 1. The van der Waals surface area contributed by atoms with E-state index in [-0.39, 0.29) is 29.5 Å². The number of ether oxygens (including phenoxy) is 1. The Hall–Kier alpha value is -2.24. The van der Waals surface area contributed by atoms with Crippen LogP contribution in [0, 0.1) is 11.2 Å². The Bertz CT molecular complexity index is 1090. The molecule has 2 aromatic rings. The first-order valence-electron chi connectivity index (χ1n) is 9.76. The summed E-state index contributed by atoms with van der Waals surface area (Å²) in [6.07, 6.45) is -0.777. The van der Waals surface area contributed by atoms with Gasteiger partial charge in [0.05, 0.1) is 16.0 Å². The number of hydrogen-bond acceptors (Lipinski definition) is 6. The van der Waals surface area contributed by atoms with Gasteiger partial charge in [-0.15, -0.1) is 0 Å². The van der Waals surface area contributed by atoms with Crippen molar-refractivity contribution in [2.75, 3.05) is 6.54 Å². The number of carbonyl (C=O) groups is 1. The molecule has 32 heavy (non-hydrogen) atoms. The lowest BCUT2D eigenvalue weighted by Crippen LogP contribution is -2.62. The predicted molar refractivity (Wildman–Crippen MR) is 114 cm³/mol. The van der Waals surface area contributed by atoms with Gasteiger partial charge in [-0.3, -0.25) is 10.0 Å². The van der Waals surface area contributed by atoms with Gasteiger partial charge in [-0.25, -0.2) is 18.3 Å². The van der Waals surface area contributed by atoms with E-state index in [0.29, 0.717) is 11.3 Å². The summed E-state index contributed by atoms with van der Waals surface area (Å²) in [5, 5.41) is 19.5. The Labute approximate surface area is 190 Å². The molecule has 174 valence electrons. The van der Waals surface area contributed by atoms with Crippen molar-refractivity contribution in [1.82, 2.24) is 9.79 Å². The van der Waals surface area contributed by atoms with Crippen LogP contribution < -0.4 is 10.2 Å². The molecule has 2 atom stereocenters. The van der Waals surface area contributed by atoms with Gasteiger partial charge >= 0.3 is 0 Å². The predicted octanol–water partition coefficient (Wildman–Crippen LogP) is 2.71. The summed E-state index contributed by atoms with van der Waals surface area (Å²) in [5.74, 6) is -0.984. The van der Waals surface area contributed by atoms with E-state index in [0.717, 1.165) is 4.31 Å². The van der Waals surface area contributed by atoms with Crippen LogP contribution in [0.15, 0.2) is 47.4 Å². The minimum Gasteiger partial charge on any atom is -0.489 e. The number of benzene rings is 2. The van der Waals surface area contributed by atoms with Gasteiger partial charge in [-0.2, -0.15) is 4.31 Å². The van der Waals surface area contributed by atoms with Crippen molar-refractivity contribution < 1.29 is 32.7 Å². The molecule has 1 aliphatic rings. The number of piperidine rings is 1. The number of rotatable bonds is 6. The lowest BCUT2D eigenvalue weighted by atomic mass is 9.76. The summed E-state index contributed by atoms with van der Waals surface area (Å²) in [4.78, 5) is 12.2. The largest absolute Gasteiger partial charge is 0.489 e. The molecular weight excluding hydrogens is 463 g/mol. The van der Waals surface area contributed by atoms with Gasteiger partial charge in [0, 0.05) is 12.1 Å². The van der Waals surface area contributed by atoms with E-state index in [1.165, 1.54) is 47.9 Å². The first-order chi connectivity index (χ1) is 15.0. The van der Waals surface area contributed by atoms with Crippen molar-refractivity contribution in [3.8, 4) is 5.75 Å². The fourth-order valence-electron chi connectivity index (χ4n) is 3.91. The van der Waals surface area contributed by atoms with Crippen LogP contribution in [0.2, 0.25) is 5.02 Å². The molecule has 2 aromatic carbocycles. The second kappa shape index (κ2) is 9.32. The number of carbonyl (C=O) groups excluding carboxylic acids is 1. The summed E-state index contributed by atoms with van der Waals surface area (Å²) in [7, 11) is -4.18. The van der Waals surface area contributed by atoms with E-state index in [1.54, 1.807) is 13.8 Å². The monoisotopic (exact) mass is 486 g/mol. The molecule has 1 unspecified atom stereocenters. The quantitative estimate of drug-likeness (QED) is 0.427. The van der Waals surface area contributed by atoms with Gasteiger partial charge in [0.1, 0.15) is 24.2 Å². The van der Waals surface area contributed by atoms with Crippen LogP contribution in [0.3, 0.4) is 0 Å². The number of aliphatic hydroxyl groups excluding tert-OH is 1. The minimum absolute atomic E-state index is 0.0520. The summed E-state index contributed by atoms with van der Waals surface area (Å²) in [6, 6.07) is 8.23. The van der Waals surface area contributed by atoms with Gasteiger partial charge in [0.2, 0.25) is 10.0 Å². The van der Waals surface area contributed by atoms with E-state index >= 15 is 0 Å². The third-order valence-electron chi connectivity index (χ3n) is 5.38. The highest BCUT2D eigenvalue weighted by Crippen LogP contribution is 2.38. The standard InChI is InChI=1S/C21H24ClFN2O6S/c1-21(2)10-15(26)11-25(19(21)20(27)24-28)32(29,30)17-7-5-16(6-8-17)31-12-13-3-4-14(23)9-18(13)22/h3-9,15,19,26,28H,10-12H2,1-2H3,(H,24,27)/t15-,19?/m1/s1. The van der Waals surface area contributed by atoms with Gasteiger partial charge in [0.15, 0.2) is 0 Å². The summed E-state index contributed by atoms with van der Waals surface area (Å²) in [5.41, 5.74) is 1.17. The van der Waals surface area contributed by atoms with E-state index in [1.807, 2.05) is 0 Å². The zero-order chi connectivity index (χ0) is 23.7. The highest BCUT2D eigenvalue weighted by Gasteiger charge is 2.50. The van der Waals surface area contributed by atoms with E-state index in [2.05, 4.69) is 0 Å². The van der Waals surface area contributed by atoms with Crippen molar-refractivity contribution >= 4 is 27.5 Å². The first kappa shape index (κ1) is 24.4. The fraction of sp³-hybridized carbons (Fsp3) is 0.381. The van der Waals surface area contributed by atoms with E-state index < -0.39 is 39.3 Å². The van der Waals surface area contributed by atoms with Gasteiger partial charge in [-0.1, -0.05) is 31.5 Å². The molecular formula is C21H24ClFN2O6S. The van der Waals surface area contributed by atoms with Crippen LogP contribution in [-0.2, 0) is 21.4 Å². The molecule has 1 amide bonds. The summed E-state index contributed by atoms with van der Waals surface area (Å²) < 4.78 is 46.2. The van der Waals surface area contributed by atoms with Crippen LogP contribution in [0.5, 0.6) is 5.75 Å². The molecule has 11 heteroatoms. The van der Waals surface area contributed by atoms with E-state index in [9.17, 15) is 22.7 Å². The molecule has 0 bridgehead atoms. The molecule has 0 aromatic heterocycles. The number of nitrogens with zero attached hydrogens (tertiary/aromatic N) is 1. The van der Waals surface area contributed by atoms with Crippen LogP contribution in [0.25, 0.3) is 0 Å². The lowest BCUT2D eigenvalue weighted by Gasteiger charge is -2.45. The number of amides is 1. The molecule has 1 saturated heterocycles. The molecule has 0 saturated carbocycles. The third kappa shape index (κ3) is 5.05.